The second-order valence-corrected chi connectivity index (χ2v) is 2.67. The van der Waals surface area contributed by atoms with Gasteiger partial charge in [0.25, 0.3) is 0 Å². The first-order valence-electron chi connectivity index (χ1n) is 3.68. The number of hydrogen-bond donors (Lipinski definition) is 2. The van der Waals surface area contributed by atoms with Crippen molar-refractivity contribution in [3.05, 3.63) is 34.9 Å². The number of hydrogen-bond acceptors (Lipinski definition) is 2. The quantitative estimate of drug-likeness (QED) is 0.568. The lowest BCUT2D eigenvalue weighted by molar-refractivity contribution is 0.259. The van der Waals surface area contributed by atoms with Gasteiger partial charge < -0.3 is 10.8 Å². The van der Waals surface area contributed by atoms with Crippen molar-refractivity contribution >= 4 is 0 Å². The predicted octanol–water partition coefficient (Wildman–Crippen LogP) is 1.24. The standard InChI is InChI=1S/C8H7F4NO/c9-3-1-4(10)8(12)6(7(3)11)5(13)2-14/h1,5,14H,2,13H2/t5-/m0/s1. The zero-order valence-corrected chi connectivity index (χ0v) is 6.90. The molecule has 0 heterocycles. The van der Waals surface area contributed by atoms with E-state index in [0.29, 0.717) is 0 Å². The van der Waals surface area contributed by atoms with Gasteiger partial charge in [-0.1, -0.05) is 0 Å². The van der Waals surface area contributed by atoms with Gasteiger partial charge in [0.2, 0.25) is 0 Å². The van der Waals surface area contributed by atoms with E-state index in [1.165, 1.54) is 0 Å². The van der Waals surface area contributed by atoms with Crippen molar-refractivity contribution in [3.63, 3.8) is 0 Å². The van der Waals surface area contributed by atoms with Crippen LogP contribution in [0.15, 0.2) is 6.07 Å². The molecule has 1 aromatic carbocycles. The molecule has 78 valence electrons. The molecule has 1 atom stereocenters. The smallest absolute Gasteiger partial charge is 0.166 e. The Morgan fingerprint density at radius 2 is 1.57 bits per heavy atom. The van der Waals surface area contributed by atoms with E-state index in [1.54, 1.807) is 0 Å². The van der Waals surface area contributed by atoms with E-state index in [9.17, 15) is 17.6 Å². The summed E-state index contributed by atoms with van der Waals surface area (Å²) in [6.45, 7) is -0.809. The molecule has 0 amide bonds. The zero-order valence-electron chi connectivity index (χ0n) is 6.90. The SMILES string of the molecule is N[C@@H](CO)c1c(F)c(F)cc(F)c1F. The number of halogens is 4. The van der Waals surface area contributed by atoms with Gasteiger partial charge in [-0.05, 0) is 0 Å². The van der Waals surface area contributed by atoms with Crippen LogP contribution in [0.1, 0.15) is 11.6 Å². The Morgan fingerprint density at radius 3 is 1.93 bits per heavy atom. The monoisotopic (exact) mass is 209 g/mol. The van der Waals surface area contributed by atoms with E-state index in [2.05, 4.69) is 0 Å². The summed E-state index contributed by atoms with van der Waals surface area (Å²) in [6, 6.07) is -1.40. The Labute approximate surface area is 77.0 Å². The first-order valence-corrected chi connectivity index (χ1v) is 3.68. The lowest BCUT2D eigenvalue weighted by Gasteiger charge is -2.11. The van der Waals surface area contributed by atoms with Crippen LogP contribution < -0.4 is 5.73 Å². The molecule has 0 fully saturated rings. The molecule has 0 bridgehead atoms. The van der Waals surface area contributed by atoms with Gasteiger partial charge in [-0.25, -0.2) is 17.6 Å². The molecule has 1 aromatic rings. The number of aliphatic hydroxyl groups is 1. The van der Waals surface area contributed by atoms with Crippen molar-refractivity contribution < 1.29 is 22.7 Å². The van der Waals surface area contributed by atoms with Crippen molar-refractivity contribution in [1.29, 1.82) is 0 Å². The fraction of sp³-hybridized carbons (Fsp3) is 0.250. The molecule has 14 heavy (non-hydrogen) atoms. The first kappa shape index (κ1) is 10.9. The fourth-order valence-corrected chi connectivity index (χ4v) is 1.01. The third-order valence-corrected chi connectivity index (χ3v) is 1.71. The highest BCUT2D eigenvalue weighted by Gasteiger charge is 2.23. The Kier molecular flexibility index (Phi) is 3.07. The largest absolute Gasteiger partial charge is 0.394 e. The van der Waals surface area contributed by atoms with E-state index in [4.69, 9.17) is 10.8 Å². The predicted molar refractivity (Wildman–Crippen MR) is 40.3 cm³/mol. The Morgan fingerprint density at radius 1 is 1.14 bits per heavy atom. The molecule has 0 saturated carbocycles. The van der Waals surface area contributed by atoms with Crippen molar-refractivity contribution in [2.75, 3.05) is 6.61 Å². The fourth-order valence-electron chi connectivity index (χ4n) is 1.01. The summed E-state index contributed by atoms with van der Waals surface area (Å²) < 4.78 is 51.0. The zero-order chi connectivity index (χ0) is 10.9. The van der Waals surface area contributed by atoms with Gasteiger partial charge >= 0.3 is 0 Å². The molecule has 0 spiro atoms. The first-order chi connectivity index (χ1) is 6.49. The van der Waals surface area contributed by atoms with Crippen LogP contribution in [0.3, 0.4) is 0 Å². The third-order valence-electron chi connectivity index (χ3n) is 1.71. The van der Waals surface area contributed by atoms with Crippen LogP contribution in [0.2, 0.25) is 0 Å². The van der Waals surface area contributed by atoms with Crippen molar-refractivity contribution in [3.8, 4) is 0 Å². The molecule has 0 aromatic heterocycles. The van der Waals surface area contributed by atoms with Crippen LogP contribution in [-0.4, -0.2) is 11.7 Å². The van der Waals surface area contributed by atoms with Crippen molar-refractivity contribution in [2.24, 2.45) is 5.73 Å². The number of benzene rings is 1. The minimum atomic E-state index is -1.58. The van der Waals surface area contributed by atoms with Gasteiger partial charge in [0, 0.05) is 11.6 Å². The second-order valence-electron chi connectivity index (χ2n) is 2.67. The number of nitrogens with two attached hydrogens (primary N) is 1. The molecule has 1 rings (SSSR count). The van der Waals surface area contributed by atoms with Crippen LogP contribution in [-0.2, 0) is 0 Å². The summed E-state index contributed by atoms with van der Waals surface area (Å²) in [7, 11) is 0. The van der Waals surface area contributed by atoms with Crippen LogP contribution >= 0.6 is 0 Å². The maximum absolute atomic E-state index is 12.9. The molecule has 6 heteroatoms. The van der Waals surface area contributed by atoms with Crippen LogP contribution in [0.4, 0.5) is 17.6 Å². The maximum Gasteiger partial charge on any atom is 0.166 e. The lowest BCUT2D eigenvalue weighted by atomic mass is 10.1. The Hall–Kier alpha value is -1.14. The highest BCUT2D eigenvalue weighted by Crippen LogP contribution is 2.23. The minimum Gasteiger partial charge on any atom is -0.394 e. The van der Waals surface area contributed by atoms with Crippen LogP contribution in [0.25, 0.3) is 0 Å². The van der Waals surface area contributed by atoms with Gasteiger partial charge in [0.15, 0.2) is 23.3 Å². The lowest BCUT2D eigenvalue weighted by Crippen LogP contribution is -2.19. The van der Waals surface area contributed by atoms with Gasteiger partial charge in [-0.3, -0.25) is 0 Å². The molecule has 0 radical (unpaired) electrons. The molecule has 0 aliphatic heterocycles. The summed E-state index contributed by atoms with van der Waals surface area (Å²) in [5.41, 5.74) is 4.09. The molecule has 0 unspecified atom stereocenters. The average molecular weight is 209 g/mol. The maximum atomic E-state index is 12.9. The number of aliphatic hydroxyl groups excluding tert-OH is 1. The van der Waals surface area contributed by atoms with Gasteiger partial charge in [-0.15, -0.1) is 0 Å². The minimum absolute atomic E-state index is 0.0816. The van der Waals surface area contributed by atoms with Gasteiger partial charge in [-0.2, -0.15) is 0 Å². The van der Waals surface area contributed by atoms with E-state index in [-0.39, 0.29) is 6.07 Å². The molecule has 0 aliphatic carbocycles. The van der Waals surface area contributed by atoms with Crippen LogP contribution in [0, 0.1) is 23.3 Å². The highest BCUT2D eigenvalue weighted by atomic mass is 19.2. The van der Waals surface area contributed by atoms with Gasteiger partial charge in [0.1, 0.15) is 0 Å². The third kappa shape index (κ3) is 1.71. The van der Waals surface area contributed by atoms with E-state index < -0.39 is 41.5 Å². The average Bonchev–Trinajstić information content (AvgIpc) is 2.15. The van der Waals surface area contributed by atoms with E-state index in [0.717, 1.165) is 0 Å². The van der Waals surface area contributed by atoms with Crippen molar-refractivity contribution in [1.82, 2.24) is 0 Å². The second kappa shape index (κ2) is 3.93. The summed E-state index contributed by atoms with van der Waals surface area (Å²) >= 11 is 0. The summed E-state index contributed by atoms with van der Waals surface area (Å²) in [4.78, 5) is 0. The molecular formula is C8H7F4NO. The molecule has 3 N–H and O–H groups in total. The highest BCUT2D eigenvalue weighted by molar-refractivity contribution is 5.25. The van der Waals surface area contributed by atoms with E-state index >= 15 is 0 Å². The molecule has 0 aliphatic rings. The summed E-state index contributed by atoms with van der Waals surface area (Å²) in [5.74, 6) is -6.23. The summed E-state index contributed by atoms with van der Waals surface area (Å²) in [6.07, 6.45) is 0. The topological polar surface area (TPSA) is 46.2 Å². The normalized spacial score (nSPS) is 13.0. The Bertz CT molecular complexity index is 329. The molecular weight excluding hydrogens is 202 g/mol. The van der Waals surface area contributed by atoms with Gasteiger partial charge in [0.05, 0.1) is 12.6 Å². The molecule has 2 nitrogen and oxygen atoms in total. The number of rotatable bonds is 2. The van der Waals surface area contributed by atoms with E-state index in [1.807, 2.05) is 0 Å². The van der Waals surface area contributed by atoms with Crippen LogP contribution in [0.5, 0.6) is 0 Å². The van der Waals surface area contributed by atoms with Crippen molar-refractivity contribution in [2.45, 2.75) is 6.04 Å². The Balaban J connectivity index is 3.39. The molecule has 0 saturated heterocycles. The summed E-state index contributed by atoms with van der Waals surface area (Å²) in [5, 5.41) is 8.52.